The summed E-state index contributed by atoms with van der Waals surface area (Å²) < 4.78 is 5.02. The van der Waals surface area contributed by atoms with Crippen LogP contribution >= 0.6 is 12.2 Å². The third-order valence-electron chi connectivity index (χ3n) is 4.63. The number of hydrogen-bond acceptors (Lipinski definition) is 3. The number of carbonyl (C=O) groups excluding carboxylic acids is 1. The van der Waals surface area contributed by atoms with Gasteiger partial charge in [-0.2, -0.15) is 0 Å². The molecular formula is C18H29N4O2S+. The molecule has 1 heterocycles. The zero-order valence-corrected chi connectivity index (χ0v) is 16.2. The molecule has 0 unspecified atom stereocenters. The molecule has 1 aromatic rings. The largest absolute Gasteiger partial charge is 0.383 e. The number of nitrogens with zero attached hydrogens (tertiary/aromatic N) is 1. The molecule has 1 fully saturated rings. The third kappa shape index (κ3) is 5.95. The molecule has 0 bridgehead atoms. The van der Waals surface area contributed by atoms with Crippen molar-refractivity contribution in [1.82, 2.24) is 10.2 Å². The average Bonchev–Trinajstić information content (AvgIpc) is 2.59. The van der Waals surface area contributed by atoms with Gasteiger partial charge in [0.2, 0.25) is 0 Å². The van der Waals surface area contributed by atoms with Crippen molar-refractivity contribution in [3.8, 4) is 0 Å². The minimum Gasteiger partial charge on any atom is -0.383 e. The highest BCUT2D eigenvalue weighted by atomic mass is 32.1. The maximum absolute atomic E-state index is 12.3. The quantitative estimate of drug-likeness (QED) is 0.488. The molecule has 0 aromatic heterocycles. The summed E-state index contributed by atoms with van der Waals surface area (Å²) in [7, 11) is 1.68. The van der Waals surface area contributed by atoms with E-state index in [1.54, 1.807) is 7.11 Å². The van der Waals surface area contributed by atoms with Crippen molar-refractivity contribution in [1.29, 1.82) is 0 Å². The molecule has 25 heavy (non-hydrogen) atoms. The fourth-order valence-electron chi connectivity index (χ4n) is 2.88. The van der Waals surface area contributed by atoms with Gasteiger partial charge in [-0.15, -0.1) is 0 Å². The lowest BCUT2D eigenvalue weighted by molar-refractivity contribution is -0.895. The number of hydrogen-bond donors (Lipinski definition) is 3. The number of methoxy groups -OCH3 is 1. The van der Waals surface area contributed by atoms with Crippen LogP contribution in [0.1, 0.15) is 11.1 Å². The summed E-state index contributed by atoms with van der Waals surface area (Å²) in [5, 5.41) is 7.01. The normalized spacial score (nSPS) is 15.1. The molecule has 1 amide bonds. The number of ether oxygens (including phenoxy) is 1. The van der Waals surface area contributed by atoms with E-state index in [4.69, 9.17) is 17.0 Å². The molecule has 0 saturated carbocycles. The number of quaternary nitrogens is 1. The summed E-state index contributed by atoms with van der Waals surface area (Å²) in [6.45, 7) is 9.50. The highest BCUT2D eigenvalue weighted by molar-refractivity contribution is 7.80. The summed E-state index contributed by atoms with van der Waals surface area (Å²) >= 11 is 5.40. The van der Waals surface area contributed by atoms with Crippen LogP contribution in [0.4, 0.5) is 5.69 Å². The van der Waals surface area contributed by atoms with E-state index in [9.17, 15) is 4.79 Å². The topological polar surface area (TPSA) is 58.0 Å². The average molecular weight is 366 g/mol. The molecule has 0 aliphatic carbocycles. The van der Waals surface area contributed by atoms with E-state index < -0.39 is 0 Å². The van der Waals surface area contributed by atoms with Crippen molar-refractivity contribution in [2.45, 2.75) is 13.8 Å². The lowest BCUT2D eigenvalue weighted by Crippen LogP contribution is -3.15. The Morgan fingerprint density at radius 2 is 2.04 bits per heavy atom. The van der Waals surface area contributed by atoms with Crippen LogP contribution in [0.5, 0.6) is 0 Å². The molecule has 0 radical (unpaired) electrons. The fraction of sp³-hybridized carbons (Fsp3) is 0.556. The molecule has 1 saturated heterocycles. The second kappa shape index (κ2) is 9.70. The molecule has 1 aliphatic rings. The Labute approximate surface area is 155 Å². The van der Waals surface area contributed by atoms with Gasteiger partial charge in [-0.1, -0.05) is 12.1 Å². The van der Waals surface area contributed by atoms with Gasteiger partial charge in [-0.3, -0.25) is 4.79 Å². The maximum Gasteiger partial charge on any atom is 0.279 e. The number of nitrogens with one attached hydrogen (secondary N) is 3. The van der Waals surface area contributed by atoms with E-state index in [0.29, 0.717) is 13.2 Å². The third-order valence-corrected chi connectivity index (χ3v) is 5.03. The van der Waals surface area contributed by atoms with Crippen molar-refractivity contribution in [2.75, 3.05) is 58.3 Å². The fourth-order valence-corrected chi connectivity index (χ4v) is 3.17. The standard InChI is InChI=1S/C18H28N4O2S/c1-14-5-4-6-16(15(14)2)20-17(23)13-21-8-10-22(11-9-21)18(25)19-7-12-24-3/h4-6H,7-13H2,1-3H3,(H,19,25)(H,20,23)/p+1. The number of aryl methyl sites for hydroxylation is 1. The summed E-state index contributed by atoms with van der Waals surface area (Å²) in [4.78, 5) is 15.8. The van der Waals surface area contributed by atoms with Crippen molar-refractivity contribution < 1.29 is 14.4 Å². The van der Waals surface area contributed by atoms with E-state index in [1.807, 2.05) is 19.1 Å². The molecule has 1 aliphatic heterocycles. The first-order chi connectivity index (χ1) is 12.0. The summed E-state index contributed by atoms with van der Waals surface area (Å²) in [5.41, 5.74) is 3.22. The van der Waals surface area contributed by atoms with Crippen molar-refractivity contribution in [2.24, 2.45) is 0 Å². The Bertz CT molecular complexity index is 601. The van der Waals surface area contributed by atoms with E-state index >= 15 is 0 Å². The van der Waals surface area contributed by atoms with Gasteiger partial charge in [0.15, 0.2) is 11.7 Å². The monoisotopic (exact) mass is 365 g/mol. The van der Waals surface area contributed by atoms with Crippen LogP contribution in [0.25, 0.3) is 0 Å². The number of carbonyl (C=O) groups is 1. The lowest BCUT2D eigenvalue weighted by Gasteiger charge is -2.33. The Hall–Kier alpha value is -1.70. The molecule has 1 aromatic carbocycles. The molecule has 7 heteroatoms. The highest BCUT2D eigenvalue weighted by Crippen LogP contribution is 2.17. The Kier molecular flexibility index (Phi) is 7.61. The zero-order chi connectivity index (χ0) is 18.2. The smallest absolute Gasteiger partial charge is 0.279 e. The van der Waals surface area contributed by atoms with Crippen LogP contribution < -0.4 is 15.5 Å². The highest BCUT2D eigenvalue weighted by Gasteiger charge is 2.23. The molecule has 3 N–H and O–H groups in total. The van der Waals surface area contributed by atoms with Gasteiger partial charge >= 0.3 is 0 Å². The number of thiocarbonyl (C=S) groups is 1. The van der Waals surface area contributed by atoms with Gasteiger partial charge in [0, 0.05) is 19.3 Å². The Morgan fingerprint density at radius 3 is 2.72 bits per heavy atom. The summed E-state index contributed by atoms with van der Waals surface area (Å²) in [6, 6.07) is 5.98. The van der Waals surface area contributed by atoms with E-state index in [0.717, 1.165) is 49.1 Å². The minimum absolute atomic E-state index is 0.0675. The van der Waals surface area contributed by atoms with Crippen LogP contribution in [0.15, 0.2) is 18.2 Å². The van der Waals surface area contributed by atoms with Crippen molar-refractivity contribution in [3.63, 3.8) is 0 Å². The predicted octanol–water partition coefficient (Wildman–Crippen LogP) is -0.0367. The van der Waals surface area contributed by atoms with Crippen molar-refractivity contribution >= 4 is 28.9 Å². The molecule has 0 atom stereocenters. The number of rotatable bonds is 6. The number of benzene rings is 1. The number of piperazine rings is 1. The second-order valence-electron chi connectivity index (χ2n) is 6.43. The van der Waals surface area contributed by atoms with Gasteiger partial charge < -0.3 is 25.2 Å². The predicted molar refractivity (Wildman–Crippen MR) is 104 cm³/mol. The lowest BCUT2D eigenvalue weighted by atomic mass is 10.1. The van der Waals surface area contributed by atoms with E-state index in [2.05, 4.69) is 28.5 Å². The van der Waals surface area contributed by atoms with Crippen molar-refractivity contribution in [3.05, 3.63) is 29.3 Å². The van der Waals surface area contributed by atoms with Gasteiger partial charge in [-0.25, -0.2) is 0 Å². The molecular weight excluding hydrogens is 336 g/mol. The zero-order valence-electron chi connectivity index (χ0n) is 15.4. The molecule has 0 spiro atoms. The molecule has 2 rings (SSSR count). The van der Waals surface area contributed by atoms with Gasteiger partial charge in [0.25, 0.3) is 5.91 Å². The molecule has 138 valence electrons. The first kappa shape index (κ1) is 19.6. The van der Waals surface area contributed by atoms with E-state index in [1.165, 1.54) is 10.5 Å². The summed E-state index contributed by atoms with van der Waals surface area (Å²) in [6.07, 6.45) is 0. The van der Waals surface area contributed by atoms with Gasteiger partial charge in [0.1, 0.15) is 0 Å². The van der Waals surface area contributed by atoms with Crippen LogP contribution in [0.2, 0.25) is 0 Å². The second-order valence-corrected chi connectivity index (χ2v) is 6.82. The van der Waals surface area contributed by atoms with Gasteiger partial charge in [-0.05, 0) is 43.3 Å². The SMILES string of the molecule is COCCNC(=S)N1CC[NH+](CC(=O)Nc2cccc(C)c2C)CC1. The Morgan fingerprint density at radius 1 is 1.32 bits per heavy atom. The Balaban J connectivity index is 1.75. The summed E-state index contributed by atoms with van der Waals surface area (Å²) in [5.74, 6) is 0.0675. The maximum atomic E-state index is 12.3. The molecule has 6 nitrogen and oxygen atoms in total. The van der Waals surface area contributed by atoms with E-state index in [-0.39, 0.29) is 5.91 Å². The van der Waals surface area contributed by atoms with Gasteiger partial charge in [0.05, 0.1) is 32.8 Å². The number of anilines is 1. The first-order valence-electron chi connectivity index (χ1n) is 8.72. The number of amides is 1. The van der Waals surface area contributed by atoms with Crippen LogP contribution in [-0.2, 0) is 9.53 Å². The van der Waals surface area contributed by atoms with Crippen LogP contribution in [0.3, 0.4) is 0 Å². The minimum atomic E-state index is 0.0675. The van der Waals surface area contributed by atoms with Crippen LogP contribution in [0, 0.1) is 13.8 Å². The van der Waals surface area contributed by atoms with Crippen LogP contribution in [-0.4, -0.2) is 68.9 Å². The first-order valence-corrected chi connectivity index (χ1v) is 9.13.